The molecule has 12 heteroatoms. The molecule has 0 aromatic heterocycles. The van der Waals surface area contributed by atoms with E-state index in [-0.39, 0.29) is 48.5 Å². The molecule has 1 saturated heterocycles. The molecular formula is C50H51N3O7S2. The van der Waals surface area contributed by atoms with Crippen LogP contribution in [0.2, 0.25) is 0 Å². The van der Waals surface area contributed by atoms with E-state index in [4.69, 9.17) is 9.47 Å². The van der Waals surface area contributed by atoms with Gasteiger partial charge in [-0.05, 0) is 83.1 Å². The Morgan fingerprint density at radius 2 is 1.42 bits per heavy atom. The number of ether oxygens (including phenoxy) is 2. The van der Waals surface area contributed by atoms with Crippen LogP contribution in [0.1, 0.15) is 59.6 Å². The van der Waals surface area contributed by atoms with Crippen LogP contribution in [0.25, 0.3) is 11.1 Å². The van der Waals surface area contributed by atoms with Crippen LogP contribution in [0.5, 0.6) is 0 Å². The zero-order valence-corrected chi connectivity index (χ0v) is 36.5. The molecule has 5 atom stereocenters. The zero-order chi connectivity index (χ0) is 43.6. The fourth-order valence-corrected chi connectivity index (χ4v) is 9.68. The second-order valence-electron chi connectivity index (χ2n) is 15.5. The molecule has 1 heterocycles. The number of aliphatic hydroxyl groups is 1. The minimum atomic E-state index is -3.99. The molecule has 10 nitrogen and oxygen atoms in total. The summed E-state index contributed by atoms with van der Waals surface area (Å²) in [4.78, 5) is 26.5. The lowest BCUT2D eigenvalue weighted by Gasteiger charge is -2.41. The zero-order valence-electron chi connectivity index (χ0n) is 34.9. The highest BCUT2D eigenvalue weighted by molar-refractivity contribution is 7.99. The number of anilines is 1. The lowest BCUT2D eigenvalue weighted by molar-refractivity contribution is -0.268. The van der Waals surface area contributed by atoms with Gasteiger partial charge in [0.05, 0.1) is 23.7 Å². The number of benzene rings is 6. The van der Waals surface area contributed by atoms with Crippen molar-refractivity contribution in [2.45, 2.75) is 74.7 Å². The van der Waals surface area contributed by atoms with Crippen molar-refractivity contribution in [1.29, 1.82) is 0 Å². The van der Waals surface area contributed by atoms with Gasteiger partial charge in [0.2, 0.25) is 21.8 Å². The molecule has 6 aromatic rings. The van der Waals surface area contributed by atoms with Gasteiger partial charge >= 0.3 is 0 Å². The van der Waals surface area contributed by atoms with Gasteiger partial charge in [0, 0.05) is 41.3 Å². The van der Waals surface area contributed by atoms with Crippen LogP contribution >= 0.6 is 11.8 Å². The van der Waals surface area contributed by atoms with Crippen molar-refractivity contribution < 1.29 is 32.6 Å². The quantitative estimate of drug-likeness (QED) is 0.0707. The smallest absolute Gasteiger partial charge is 0.241 e. The number of nitrogens with one attached hydrogen (secondary N) is 3. The van der Waals surface area contributed by atoms with Crippen molar-refractivity contribution in [2.75, 3.05) is 11.1 Å². The number of aliphatic hydroxyl groups excluding tert-OH is 1. The van der Waals surface area contributed by atoms with Crippen LogP contribution in [0.4, 0.5) is 5.69 Å². The maximum Gasteiger partial charge on any atom is 0.241 e. The van der Waals surface area contributed by atoms with E-state index >= 15 is 0 Å². The van der Waals surface area contributed by atoms with Crippen molar-refractivity contribution in [3.8, 4) is 11.1 Å². The van der Waals surface area contributed by atoms with E-state index in [0.29, 0.717) is 5.75 Å². The molecule has 5 unspecified atom stereocenters. The Balaban J connectivity index is 1.07. The summed E-state index contributed by atoms with van der Waals surface area (Å²) in [6.07, 6.45) is -0.931. The Labute approximate surface area is 368 Å². The topological polar surface area (TPSA) is 143 Å². The Bertz CT molecular complexity index is 2540. The van der Waals surface area contributed by atoms with Gasteiger partial charge in [0.15, 0.2) is 6.29 Å². The monoisotopic (exact) mass is 869 g/mol. The summed E-state index contributed by atoms with van der Waals surface area (Å²) >= 11 is 1.68. The number of sulfonamides is 1. The van der Waals surface area contributed by atoms with Crippen LogP contribution in [0, 0.1) is 12.8 Å². The molecule has 0 spiro atoms. The average molecular weight is 870 g/mol. The number of carbonyl (C=O) groups is 2. The Morgan fingerprint density at radius 3 is 2.10 bits per heavy atom. The SMILES string of the molecule is CC(=O)Nc1ccc(SCC2OC(c3ccc(-c4ccccc4CNC(=O)C(Cc4ccccc4)NS(=O)(=O)c4ccc(C)cc4)cc3)OC(c3ccc(CO)cc3)C2C)cc1. The van der Waals surface area contributed by atoms with Gasteiger partial charge < -0.3 is 25.2 Å². The van der Waals surface area contributed by atoms with E-state index in [1.807, 2.05) is 134 Å². The third-order valence-corrected chi connectivity index (χ3v) is 13.5. The van der Waals surface area contributed by atoms with Gasteiger partial charge in [0.25, 0.3) is 0 Å². The number of thioether (sulfide) groups is 1. The Kier molecular flexibility index (Phi) is 14.7. The largest absolute Gasteiger partial charge is 0.392 e. The highest BCUT2D eigenvalue weighted by atomic mass is 32.2. The van der Waals surface area contributed by atoms with Gasteiger partial charge in [-0.25, -0.2) is 8.42 Å². The van der Waals surface area contributed by atoms with Gasteiger partial charge in [-0.2, -0.15) is 4.72 Å². The van der Waals surface area contributed by atoms with Crippen molar-refractivity contribution in [1.82, 2.24) is 10.0 Å². The van der Waals surface area contributed by atoms with E-state index in [1.165, 1.54) is 19.1 Å². The molecule has 0 aliphatic carbocycles. The maximum absolute atomic E-state index is 13.8. The lowest BCUT2D eigenvalue weighted by atomic mass is 9.91. The predicted octanol–water partition coefficient (Wildman–Crippen LogP) is 8.90. The highest BCUT2D eigenvalue weighted by Crippen LogP contribution is 2.43. The van der Waals surface area contributed by atoms with E-state index in [1.54, 1.807) is 23.9 Å². The number of amides is 2. The fraction of sp³-hybridized carbons (Fsp3) is 0.240. The lowest BCUT2D eigenvalue weighted by Crippen LogP contribution is -2.47. The molecule has 0 radical (unpaired) electrons. The molecule has 1 aliphatic heterocycles. The third-order valence-electron chi connectivity index (χ3n) is 10.9. The Morgan fingerprint density at radius 1 is 0.758 bits per heavy atom. The van der Waals surface area contributed by atoms with Crippen LogP contribution in [0.3, 0.4) is 0 Å². The van der Waals surface area contributed by atoms with Crippen LogP contribution < -0.4 is 15.4 Å². The van der Waals surface area contributed by atoms with Gasteiger partial charge in [-0.1, -0.05) is 128 Å². The number of hydrogen-bond donors (Lipinski definition) is 4. The predicted molar refractivity (Wildman–Crippen MR) is 244 cm³/mol. The first-order chi connectivity index (χ1) is 29.9. The molecule has 0 saturated carbocycles. The fourth-order valence-electron chi connectivity index (χ4n) is 7.42. The summed E-state index contributed by atoms with van der Waals surface area (Å²) in [6, 6.07) is 46.2. The van der Waals surface area contributed by atoms with E-state index in [0.717, 1.165) is 55.1 Å². The second kappa shape index (κ2) is 20.5. The van der Waals surface area contributed by atoms with Crippen LogP contribution in [0.15, 0.2) is 161 Å². The summed E-state index contributed by atoms with van der Waals surface area (Å²) in [5, 5.41) is 15.5. The molecule has 2 amide bonds. The molecule has 62 heavy (non-hydrogen) atoms. The molecule has 1 fully saturated rings. The summed E-state index contributed by atoms with van der Waals surface area (Å²) < 4.78 is 43.0. The first-order valence-corrected chi connectivity index (χ1v) is 23.0. The standard InChI is InChI=1S/C50H51N3O7S2/c1-33-13-27-44(28-14-33)62(57,58)53-46(29-36-9-5-4-6-10-36)49(56)51-30-41-11-7-8-12-45(41)38-19-21-40(22-20-38)50-59-47(32-61-43-25-23-42(24-26-43)52-35(3)55)34(2)48(60-50)39-17-15-37(31-54)16-18-39/h4-28,34,46-48,50,53-54H,29-32H2,1-3H3,(H,51,56)(H,52,55). The van der Waals surface area contributed by atoms with Crippen molar-refractivity contribution >= 4 is 39.3 Å². The summed E-state index contributed by atoms with van der Waals surface area (Å²) in [6.45, 7) is 5.63. The maximum atomic E-state index is 13.8. The molecule has 320 valence electrons. The highest BCUT2D eigenvalue weighted by Gasteiger charge is 2.38. The van der Waals surface area contributed by atoms with E-state index in [9.17, 15) is 23.1 Å². The van der Waals surface area contributed by atoms with E-state index < -0.39 is 28.3 Å². The molecular weight excluding hydrogens is 819 g/mol. The van der Waals surface area contributed by atoms with Gasteiger partial charge in [0.1, 0.15) is 6.04 Å². The molecule has 4 N–H and O–H groups in total. The number of hydrogen-bond acceptors (Lipinski definition) is 8. The van der Waals surface area contributed by atoms with Gasteiger partial charge in [-0.3, -0.25) is 9.59 Å². The first kappa shape index (κ1) is 44.5. The van der Waals surface area contributed by atoms with Crippen LogP contribution in [-0.2, 0) is 48.7 Å². The van der Waals surface area contributed by atoms with Crippen molar-refractivity contribution in [3.05, 3.63) is 185 Å². The van der Waals surface area contributed by atoms with E-state index in [2.05, 4.69) is 22.3 Å². The third kappa shape index (κ3) is 11.4. The first-order valence-electron chi connectivity index (χ1n) is 20.6. The molecule has 0 bridgehead atoms. The normalized spacial score (nSPS) is 18.1. The summed E-state index contributed by atoms with van der Waals surface area (Å²) in [5.74, 6) is 0.115. The average Bonchev–Trinajstić information content (AvgIpc) is 3.28. The molecule has 1 aliphatic rings. The number of aryl methyl sites for hydroxylation is 1. The van der Waals surface area contributed by atoms with Crippen LogP contribution in [-0.4, -0.2) is 43.2 Å². The number of rotatable bonds is 16. The summed E-state index contributed by atoms with van der Waals surface area (Å²) in [7, 11) is -3.99. The Hall–Kier alpha value is -5.60. The molecule has 7 rings (SSSR count). The minimum Gasteiger partial charge on any atom is -0.392 e. The summed E-state index contributed by atoms with van der Waals surface area (Å²) in [5.41, 5.74) is 7.87. The number of carbonyl (C=O) groups excluding carboxylic acids is 2. The minimum absolute atomic E-state index is 0.00365. The van der Waals surface area contributed by atoms with Crippen molar-refractivity contribution in [2.24, 2.45) is 5.92 Å². The molecule has 6 aromatic carbocycles. The second-order valence-corrected chi connectivity index (χ2v) is 18.3. The van der Waals surface area contributed by atoms with Crippen molar-refractivity contribution in [3.63, 3.8) is 0 Å². The van der Waals surface area contributed by atoms with Gasteiger partial charge in [-0.15, -0.1) is 11.8 Å².